The minimum atomic E-state index is -3.37. The predicted molar refractivity (Wildman–Crippen MR) is 61.6 cm³/mol. The summed E-state index contributed by atoms with van der Waals surface area (Å²) < 4.78 is 23.5. The molecule has 0 saturated carbocycles. The first-order valence-electron chi connectivity index (χ1n) is 5.04. The number of hydrogen-bond donors (Lipinski definition) is 2. The number of phenols is 1. The van der Waals surface area contributed by atoms with Gasteiger partial charge >= 0.3 is 0 Å². The zero-order chi connectivity index (χ0) is 11.8. The van der Waals surface area contributed by atoms with Crippen molar-refractivity contribution >= 4 is 15.4 Å². The molecule has 2 rings (SSSR count). The largest absolute Gasteiger partial charge is 0.508 e. The van der Waals surface area contributed by atoms with E-state index in [0.717, 1.165) is 12.0 Å². The van der Waals surface area contributed by atoms with Crippen LogP contribution in [0.15, 0.2) is 28.5 Å². The highest BCUT2D eigenvalue weighted by atomic mass is 32.2. The second-order valence-corrected chi connectivity index (χ2v) is 5.53. The molecule has 0 unspecified atom stereocenters. The second-order valence-electron chi connectivity index (χ2n) is 3.76. The molecule has 0 aliphatic carbocycles. The van der Waals surface area contributed by atoms with Gasteiger partial charge in [0.15, 0.2) is 0 Å². The number of phenolic OH excluding ortho intramolecular Hbond substituents is 1. The van der Waals surface area contributed by atoms with Crippen molar-refractivity contribution in [2.45, 2.75) is 17.7 Å². The highest BCUT2D eigenvalue weighted by molar-refractivity contribution is 7.95. The van der Waals surface area contributed by atoms with Gasteiger partial charge in [0.2, 0.25) is 9.84 Å². The molecule has 1 aromatic carbocycles. The Hall–Kier alpha value is -1.33. The highest BCUT2D eigenvalue weighted by Crippen LogP contribution is 2.37. The molecule has 0 atom stereocenters. The van der Waals surface area contributed by atoms with Crippen LogP contribution in [-0.2, 0) is 9.84 Å². The quantitative estimate of drug-likeness (QED) is 0.832. The van der Waals surface area contributed by atoms with Crippen LogP contribution in [0.4, 0.5) is 0 Å². The Labute approximate surface area is 94.3 Å². The molecule has 4 nitrogen and oxygen atoms in total. The smallest absolute Gasteiger partial charge is 0.200 e. The Bertz CT molecular complexity index is 546. The fourth-order valence-corrected chi connectivity index (χ4v) is 3.35. The van der Waals surface area contributed by atoms with E-state index in [1.54, 1.807) is 6.07 Å². The van der Waals surface area contributed by atoms with Crippen LogP contribution >= 0.6 is 0 Å². The van der Waals surface area contributed by atoms with Gasteiger partial charge in [-0.2, -0.15) is 0 Å². The van der Waals surface area contributed by atoms with Crippen LogP contribution in [0.25, 0.3) is 5.57 Å². The van der Waals surface area contributed by atoms with Gasteiger partial charge in [-0.05, 0) is 48.7 Å². The molecule has 16 heavy (non-hydrogen) atoms. The lowest BCUT2D eigenvalue weighted by atomic mass is 10.0. The number of benzene rings is 1. The maximum atomic E-state index is 11.8. The summed E-state index contributed by atoms with van der Waals surface area (Å²) in [6.45, 7) is 0.533. The molecule has 5 heteroatoms. The third-order valence-electron chi connectivity index (χ3n) is 2.57. The Balaban J connectivity index is 2.48. The average molecular weight is 239 g/mol. The van der Waals surface area contributed by atoms with Crippen LogP contribution < -0.4 is 5.73 Å². The predicted octanol–water partition coefficient (Wildman–Crippen LogP) is 1.26. The van der Waals surface area contributed by atoms with Crippen molar-refractivity contribution in [2.75, 3.05) is 6.54 Å². The molecule has 0 amide bonds. The molecule has 3 N–H and O–H groups in total. The van der Waals surface area contributed by atoms with Crippen LogP contribution in [0, 0.1) is 0 Å². The van der Waals surface area contributed by atoms with Crippen molar-refractivity contribution in [3.8, 4) is 5.75 Å². The van der Waals surface area contributed by atoms with E-state index in [0.29, 0.717) is 18.5 Å². The number of sulfone groups is 1. The van der Waals surface area contributed by atoms with Crippen molar-refractivity contribution in [2.24, 2.45) is 5.73 Å². The minimum absolute atomic E-state index is 0.0317. The molecule has 0 radical (unpaired) electrons. The van der Waals surface area contributed by atoms with E-state index in [-0.39, 0.29) is 10.6 Å². The number of aromatic hydroxyl groups is 1. The molecule has 1 aromatic rings. The summed E-state index contributed by atoms with van der Waals surface area (Å²) in [5.41, 5.74) is 6.87. The zero-order valence-electron chi connectivity index (χ0n) is 8.68. The molecule has 0 spiro atoms. The molecule has 0 saturated heterocycles. The summed E-state index contributed by atoms with van der Waals surface area (Å²) >= 11 is 0. The van der Waals surface area contributed by atoms with E-state index in [1.807, 2.05) is 0 Å². The third kappa shape index (κ3) is 1.83. The van der Waals surface area contributed by atoms with Crippen molar-refractivity contribution < 1.29 is 13.5 Å². The fraction of sp³-hybridized carbons (Fsp3) is 0.273. The topological polar surface area (TPSA) is 80.4 Å². The first-order chi connectivity index (χ1) is 7.54. The van der Waals surface area contributed by atoms with Gasteiger partial charge in [-0.15, -0.1) is 0 Å². The van der Waals surface area contributed by atoms with Crippen molar-refractivity contribution in [1.29, 1.82) is 0 Å². The summed E-state index contributed by atoms with van der Waals surface area (Å²) in [5, 5.41) is 10.6. The standard InChI is InChI=1S/C11H13NO3S/c12-5-1-2-8-7-16(14,15)11-6-9(13)3-4-10(8)11/h3-4,6-7,13H,1-2,5,12H2. The average Bonchev–Trinajstić information content (AvgIpc) is 2.48. The van der Waals surface area contributed by atoms with Crippen LogP contribution in [-0.4, -0.2) is 20.1 Å². The first-order valence-corrected chi connectivity index (χ1v) is 6.58. The SMILES string of the molecule is NCCCC1=CS(=O)(=O)c2cc(O)ccc21. The zero-order valence-corrected chi connectivity index (χ0v) is 9.50. The van der Waals surface area contributed by atoms with Gasteiger partial charge in [0, 0.05) is 5.41 Å². The molecule has 0 aromatic heterocycles. The first kappa shape index (κ1) is 11.2. The van der Waals surface area contributed by atoms with E-state index in [4.69, 9.17) is 5.73 Å². The van der Waals surface area contributed by atoms with Gasteiger partial charge < -0.3 is 10.8 Å². The van der Waals surface area contributed by atoms with E-state index in [1.165, 1.54) is 17.5 Å². The summed E-state index contributed by atoms with van der Waals surface area (Å²) in [6, 6.07) is 4.42. The molecular weight excluding hydrogens is 226 g/mol. The molecule has 1 aliphatic rings. The molecule has 0 bridgehead atoms. The number of fused-ring (bicyclic) bond motifs is 1. The lowest BCUT2D eigenvalue weighted by Gasteiger charge is -2.03. The minimum Gasteiger partial charge on any atom is -0.508 e. The van der Waals surface area contributed by atoms with Crippen LogP contribution in [0.5, 0.6) is 5.75 Å². The molecule has 1 aliphatic heterocycles. The summed E-state index contributed by atoms with van der Waals surface area (Å²) in [6.07, 6.45) is 1.40. The van der Waals surface area contributed by atoms with Crippen LogP contribution in [0.1, 0.15) is 18.4 Å². The summed E-state index contributed by atoms with van der Waals surface area (Å²) in [7, 11) is -3.37. The number of rotatable bonds is 3. The number of hydrogen-bond acceptors (Lipinski definition) is 4. The molecule has 0 fully saturated rings. The van der Waals surface area contributed by atoms with E-state index < -0.39 is 9.84 Å². The highest BCUT2D eigenvalue weighted by Gasteiger charge is 2.26. The lowest BCUT2D eigenvalue weighted by Crippen LogP contribution is -1.98. The van der Waals surface area contributed by atoms with Crippen LogP contribution in [0.2, 0.25) is 0 Å². The Morgan fingerprint density at radius 1 is 1.31 bits per heavy atom. The van der Waals surface area contributed by atoms with E-state index in [2.05, 4.69) is 0 Å². The molecule has 86 valence electrons. The third-order valence-corrected chi connectivity index (χ3v) is 4.11. The molecule has 1 heterocycles. The van der Waals surface area contributed by atoms with Crippen molar-refractivity contribution in [3.05, 3.63) is 29.2 Å². The maximum Gasteiger partial charge on any atom is 0.200 e. The Kier molecular flexibility index (Phi) is 2.73. The fourth-order valence-electron chi connectivity index (χ4n) is 1.81. The summed E-state index contributed by atoms with van der Waals surface area (Å²) in [4.78, 5) is 0.194. The normalized spacial score (nSPS) is 16.9. The second kappa shape index (κ2) is 3.92. The van der Waals surface area contributed by atoms with Crippen LogP contribution in [0.3, 0.4) is 0 Å². The lowest BCUT2D eigenvalue weighted by molar-refractivity contribution is 0.473. The monoisotopic (exact) mass is 239 g/mol. The Morgan fingerprint density at radius 3 is 2.75 bits per heavy atom. The van der Waals surface area contributed by atoms with Gasteiger partial charge in [-0.3, -0.25) is 0 Å². The van der Waals surface area contributed by atoms with Gasteiger partial charge in [-0.25, -0.2) is 8.42 Å². The number of allylic oxidation sites excluding steroid dienone is 1. The maximum absolute atomic E-state index is 11.8. The van der Waals surface area contributed by atoms with Crippen molar-refractivity contribution in [3.63, 3.8) is 0 Å². The van der Waals surface area contributed by atoms with E-state index >= 15 is 0 Å². The van der Waals surface area contributed by atoms with Gasteiger partial charge in [-0.1, -0.05) is 0 Å². The Morgan fingerprint density at radius 2 is 2.06 bits per heavy atom. The van der Waals surface area contributed by atoms with E-state index in [9.17, 15) is 13.5 Å². The number of nitrogens with two attached hydrogens (primary N) is 1. The summed E-state index contributed by atoms with van der Waals surface area (Å²) in [5.74, 6) is -0.0317. The van der Waals surface area contributed by atoms with Crippen molar-refractivity contribution in [1.82, 2.24) is 0 Å². The van der Waals surface area contributed by atoms with Gasteiger partial charge in [0.1, 0.15) is 5.75 Å². The van der Waals surface area contributed by atoms with Gasteiger partial charge in [0.05, 0.1) is 4.90 Å². The molecular formula is C11H13NO3S. The van der Waals surface area contributed by atoms with Gasteiger partial charge in [0.25, 0.3) is 0 Å².